The molecule has 0 unspecified atom stereocenters. The molecule has 2 N–H and O–H groups in total. The lowest BCUT2D eigenvalue weighted by atomic mass is 9.88. The van der Waals surface area contributed by atoms with Crippen LogP contribution in [0.15, 0.2) is 60.9 Å². The van der Waals surface area contributed by atoms with Gasteiger partial charge < -0.3 is 15.2 Å². The predicted octanol–water partition coefficient (Wildman–Crippen LogP) is 5.21. The Kier molecular flexibility index (Phi) is 6.65. The SMILES string of the molecule is O=C(O)c1ccncc1CC[C@H]1NCCc2cc(-c3ccccc3OCC(F)(F)F)ccc21. The van der Waals surface area contributed by atoms with Crippen LogP contribution in [0.25, 0.3) is 11.1 Å². The molecule has 3 aromatic rings. The zero-order valence-electron chi connectivity index (χ0n) is 17.7. The molecule has 1 atom stereocenters. The van der Waals surface area contributed by atoms with Crippen LogP contribution in [0.1, 0.15) is 39.5 Å². The van der Waals surface area contributed by atoms with E-state index < -0.39 is 18.8 Å². The molecule has 1 aliphatic rings. The number of fused-ring (bicyclic) bond motifs is 1. The van der Waals surface area contributed by atoms with Crippen molar-refractivity contribution in [3.63, 3.8) is 0 Å². The van der Waals surface area contributed by atoms with E-state index in [0.717, 1.165) is 29.7 Å². The largest absolute Gasteiger partial charge is 0.483 e. The van der Waals surface area contributed by atoms with Crippen molar-refractivity contribution in [2.75, 3.05) is 13.2 Å². The molecular weight excluding hydrogens is 433 g/mol. The van der Waals surface area contributed by atoms with E-state index in [-0.39, 0.29) is 17.4 Å². The molecule has 172 valence electrons. The molecule has 0 radical (unpaired) electrons. The first-order chi connectivity index (χ1) is 15.8. The van der Waals surface area contributed by atoms with Crippen molar-refractivity contribution in [2.24, 2.45) is 0 Å². The smallest absolute Gasteiger partial charge is 0.422 e. The molecule has 2 heterocycles. The van der Waals surface area contributed by atoms with Crippen LogP contribution >= 0.6 is 0 Å². The molecule has 0 fully saturated rings. The summed E-state index contributed by atoms with van der Waals surface area (Å²) in [6.45, 7) is -0.584. The molecule has 2 aromatic carbocycles. The summed E-state index contributed by atoms with van der Waals surface area (Å²) < 4.78 is 43.0. The van der Waals surface area contributed by atoms with Crippen LogP contribution in [-0.2, 0) is 12.8 Å². The fourth-order valence-corrected chi connectivity index (χ4v) is 4.20. The molecule has 0 aliphatic carbocycles. The quantitative estimate of drug-likeness (QED) is 0.511. The maximum Gasteiger partial charge on any atom is 0.422 e. The Balaban J connectivity index is 1.55. The number of hydrogen-bond donors (Lipinski definition) is 2. The predicted molar refractivity (Wildman–Crippen MR) is 117 cm³/mol. The lowest BCUT2D eigenvalue weighted by Gasteiger charge is -2.28. The second kappa shape index (κ2) is 9.62. The fraction of sp³-hybridized carbons (Fsp3) is 0.280. The van der Waals surface area contributed by atoms with Crippen LogP contribution in [0.3, 0.4) is 0 Å². The van der Waals surface area contributed by atoms with E-state index in [1.807, 2.05) is 18.2 Å². The van der Waals surface area contributed by atoms with Gasteiger partial charge in [-0.05, 0) is 60.2 Å². The molecule has 0 amide bonds. The zero-order valence-corrected chi connectivity index (χ0v) is 17.7. The van der Waals surface area contributed by atoms with E-state index in [0.29, 0.717) is 24.0 Å². The summed E-state index contributed by atoms with van der Waals surface area (Å²) in [6.07, 6.45) is 0.703. The van der Waals surface area contributed by atoms with E-state index in [9.17, 15) is 23.1 Å². The number of nitrogens with zero attached hydrogens (tertiary/aromatic N) is 1. The summed E-state index contributed by atoms with van der Waals surface area (Å²) >= 11 is 0. The Hall–Kier alpha value is -3.39. The van der Waals surface area contributed by atoms with Gasteiger partial charge in [0.25, 0.3) is 0 Å². The second-order valence-electron chi connectivity index (χ2n) is 7.95. The van der Waals surface area contributed by atoms with Gasteiger partial charge in [0.1, 0.15) is 5.75 Å². The summed E-state index contributed by atoms with van der Waals surface area (Å²) in [4.78, 5) is 15.5. The van der Waals surface area contributed by atoms with Gasteiger partial charge in [0.15, 0.2) is 6.61 Å². The van der Waals surface area contributed by atoms with Crippen molar-refractivity contribution < 1.29 is 27.8 Å². The van der Waals surface area contributed by atoms with Gasteiger partial charge >= 0.3 is 12.1 Å². The third-order valence-electron chi connectivity index (χ3n) is 5.73. The Bertz CT molecular complexity index is 1150. The first-order valence-electron chi connectivity index (χ1n) is 10.6. The maximum atomic E-state index is 12.6. The van der Waals surface area contributed by atoms with Gasteiger partial charge in [-0.1, -0.05) is 36.4 Å². The zero-order chi connectivity index (χ0) is 23.4. The maximum absolute atomic E-state index is 12.6. The molecule has 1 aromatic heterocycles. The number of carbonyl (C=O) groups is 1. The first-order valence-corrected chi connectivity index (χ1v) is 10.6. The Morgan fingerprint density at radius 2 is 2.00 bits per heavy atom. The number of pyridine rings is 1. The number of para-hydroxylation sites is 1. The van der Waals surface area contributed by atoms with Gasteiger partial charge in [-0.3, -0.25) is 4.98 Å². The fourth-order valence-electron chi connectivity index (χ4n) is 4.20. The number of hydrogen-bond acceptors (Lipinski definition) is 4. The number of ether oxygens (including phenoxy) is 1. The minimum absolute atomic E-state index is 0.0429. The Morgan fingerprint density at radius 3 is 2.79 bits per heavy atom. The molecule has 1 aliphatic heterocycles. The molecule has 0 saturated heterocycles. The minimum Gasteiger partial charge on any atom is -0.483 e. The number of aryl methyl sites for hydroxylation is 1. The van der Waals surface area contributed by atoms with Crippen LogP contribution in [0.5, 0.6) is 5.75 Å². The van der Waals surface area contributed by atoms with E-state index >= 15 is 0 Å². The van der Waals surface area contributed by atoms with Gasteiger partial charge in [0.05, 0.1) is 5.56 Å². The highest BCUT2D eigenvalue weighted by Gasteiger charge is 2.29. The number of alkyl halides is 3. The minimum atomic E-state index is -4.41. The third kappa shape index (κ3) is 5.51. The normalized spacial score (nSPS) is 15.7. The van der Waals surface area contributed by atoms with Gasteiger partial charge in [0, 0.05) is 24.0 Å². The number of aromatic carboxylic acids is 1. The van der Waals surface area contributed by atoms with E-state index in [4.69, 9.17) is 4.74 Å². The Labute approximate surface area is 189 Å². The number of carboxylic acids is 1. The van der Waals surface area contributed by atoms with Crippen LogP contribution in [0, 0.1) is 0 Å². The van der Waals surface area contributed by atoms with Gasteiger partial charge in [-0.25, -0.2) is 4.79 Å². The highest BCUT2D eigenvalue weighted by atomic mass is 19.4. The highest BCUT2D eigenvalue weighted by Crippen LogP contribution is 2.35. The topological polar surface area (TPSA) is 71.5 Å². The highest BCUT2D eigenvalue weighted by molar-refractivity contribution is 5.89. The summed E-state index contributed by atoms with van der Waals surface area (Å²) in [5.74, 6) is -0.779. The number of nitrogens with one attached hydrogen (secondary N) is 1. The van der Waals surface area contributed by atoms with Crippen molar-refractivity contribution in [1.29, 1.82) is 0 Å². The Morgan fingerprint density at radius 1 is 1.18 bits per heavy atom. The molecule has 8 heteroatoms. The van der Waals surface area contributed by atoms with Crippen molar-refractivity contribution in [2.45, 2.75) is 31.5 Å². The molecule has 33 heavy (non-hydrogen) atoms. The van der Waals surface area contributed by atoms with Crippen molar-refractivity contribution >= 4 is 5.97 Å². The molecule has 5 nitrogen and oxygen atoms in total. The van der Waals surface area contributed by atoms with Crippen LogP contribution < -0.4 is 10.1 Å². The lowest BCUT2D eigenvalue weighted by Crippen LogP contribution is -2.30. The third-order valence-corrected chi connectivity index (χ3v) is 5.73. The van der Waals surface area contributed by atoms with Crippen LogP contribution in [0.2, 0.25) is 0 Å². The standard InChI is InChI=1S/C25H23F3N2O3/c26-25(27,28)15-33-23-4-2-1-3-20(23)16-5-7-19-17(13-16)9-12-30-22(19)8-6-18-14-29-11-10-21(18)24(31)32/h1-5,7,10-11,13-14,22,30H,6,8-9,12,15H2,(H,31,32)/t22-/m1/s1. The van der Waals surface area contributed by atoms with Gasteiger partial charge in [-0.15, -0.1) is 0 Å². The lowest BCUT2D eigenvalue weighted by molar-refractivity contribution is -0.153. The van der Waals surface area contributed by atoms with Gasteiger partial charge in [0.2, 0.25) is 0 Å². The molecule has 0 saturated carbocycles. The number of benzene rings is 2. The van der Waals surface area contributed by atoms with E-state index in [1.165, 1.54) is 12.3 Å². The molecule has 4 rings (SSSR count). The summed E-state index contributed by atoms with van der Waals surface area (Å²) in [6, 6.07) is 14.1. The van der Waals surface area contributed by atoms with Crippen LogP contribution in [0.4, 0.5) is 13.2 Å². The van der Waals surface area contributed by atoms with Crippen molar-refractivity contribution in [3.8, 4) is 16.9 Å². The second-order valence-corrected chi connectivity index (χ2v) is 7.95. The number of aromatic nitrogens is 1. The summed E-state index contributed by atoms with van der Waals surface area (Å²) in [5.41, 5.74) is 4.58. The number of rotatable bonds is 7. The number of halogens is 3. The van der Waals surface area contributed by atoms with Crippen LogP contribution in [-0.4, -0.2) is 35.4 Å². The molecule has 0 bridgehead atoms. The average molecular weight is 456 g/mol. The first kappa shape index (κ1) is 22.8. The molecule has 0 spiro atoms. The van der Waals surface area contributed by atoms with E-state index in [2.05, 4.69) is 10.3 Å². The van der Waals surface area contributed by atoms with Gasteiger partial charge in [-0.2, -0.15) is 13.2 Å². The number of carboxylic acid groups (broad SMARTS) is 1. The van der Waals surface area contributed by atoms with Crippen molar-refractivity contribution in [1.82, 2.24) is 10.3 Å². The summed E-state index contributed by atoms with van der Waals surface area (Å²) in [7, 11) is 0. The average Bonchev–Trinajstić information content (AvgIpc) is 2.81. The summed E-state index contributed by atoms with van der Waals surface area (Å²) in [5, 5.41) is 12.9. The molecular formula is C25H23F3N2O3. The van der Waals surface area contributed by atoms with Crippen molar-refractivity contribution in [3.05, 3.63) is 83.2 Å². The van der Waals surface area contributed by atoms with E-state index in [1.54, 1.807) is 30.5 Å². The monoisotopic (exact) mass is 456 g/mol.